The lowest BCUT2D eigenvalue weighted by Gasteiger charge is -2.33. The van der Waals surface area contributed by atoms with Crippen molar-refractivity contribution >= 4 is 11.8 Å². The zero-order valence-corrected chi connectivity index (χ0v) is 13.0. The van der Waals surface area contributed by atoms with Gasteiger partial charge in [-0.1, -0.05) is 0 Å². The molecule has 22 heavy (non-hydrogen) atoms. The van der Waals surface area contributed by atoms with Crippen LogP contribution in [0.1, 0.15) is 35.7 Å². The van der Waals surface area contributed by atoms with E-state index in [1.54, 1.807) is 12.1 Å². The van der Waals surface area contributed by atoms with Crippen molar-refractivity contribution in [2.24, 2.45) is 0 Å². The summed E-state index contributed by atoms with van der Waals surface area (Å²) < 4.78 is 15.4. The molecule has 0 fully saturated rings. The van der Waals surface area contributed by atoms with E-state index in [-0.39, 0.29) is 31.7 Å². The zero-order chi connectivity index (χ0) is 16.3. The average molecular weight is 308 g/mol. The minimum atomic E-state index is -1.25. The maximum Gasteiger partial charge on any atom is 0.302 e. The van der Waals surface area contributed by atoms with Gasteiger partial charge in [-0.25, -0.2) is 0 Å². The van der Waals surface area contributed by atoms with Crippen molar-refractivity contribution in [1.29, 1.82) is 0 Å². The molecular weight excluding hydrogens is 288 g/mol. The number of methoxy groups -OCH3 is 2. The Morgan fingerprint density at radius 3 is 2.45 bits per heavy atom. The quantitative estimate of drug-likeness (QED) is 0.831. The topological polar surface area (TPSA) is 82.1 Å². The standard InChI is InChI=1S/C16H20O6/c1-10(17)22-7-6-16(19)8-11-13(20-2)4-5-14(21-3)15(11)12(18)9-16/h4-5,19H,6-9H2,1-3H3. The van der Waals surface area contributed by atoms with Gasteiger partial charge in [0, 0.05) is 31.7 Å². The van der Waals surface area contributed by atoms with Gasteiger partial charge in [-0.05, 0) is 12.1 Å². The van der Waals surface area contributed by atoms with Crippen LogP contribution >= 0.6 is 0 Å². The Bertz CT molecular complexity index is 595. The summed E-state index contributed by atoms with van der Waals surface area (Å²) in [5.41, 5.74) is -0.165. The first-order valence-corrected chi connectivity index (χ1v) is 7.03. The number of hydrogen-bond acceptors (Lipinski definition) is 6. The molecule has 1 aromatic rings. The number of aliphatic hydroxyl groups is 1. The Hall–Kier alpha value is -2.08. The summed E-state index contributed by atoms with van der Waals surface area (Å²) in [5, 5.41) is 10.7. The second-order valence-electron chi connectivity index (χ2n) is 5.41. The molecule has 120 valence electrons. The number of fused-ring (bicyclic) bond motifs is 1. The fourth-order valence-electron chi connectivity index (χ4n) is 2.79. The van der Waals surface area contributed by atoms with Crippen LogP contribution in [0.2, 0.25) is 0 Å². The summed E-state index contributed by atoms with van der Waals surface area (Å²) >= 11 is 0. The fraction of sp³-hybridized carbons (Fsp3) is 0.500. The van der Waals surface area contributed by atoms with Crippen LogP contribution in [-0.4, -0.2) is 43.3 Å². The predicted octanol–water partition coefficient (Wildman–Crippen LogP) is 1.52. The van der Waals surface area contributed by atoms with Crippen LogP contribution in [0, 0.1) is 0 Å². The first-order valence-electron chi connectivity index (χ1n) is 7.03. The minimum Gasteiger partial charge on any atom is -0.496 e. The second kappa shape index (κ2) is 6.36. The first kappa shape index (κ1) is 16.3. The Morgan fingerprint density at radius 1 is 1.23 bits per heavy atom. The van der Waals surface area contributed by atoms with Crippen molar-refractivity contribution in [3.8, 4) is 11.5 Å². The average Bonchev–Trinajstić information content (AvgIpc) is 2.45. The molecule has 0 radical (unpaired) electrons. The number of Topliss-reactive ketones (excluding diaryl/α,β-unsaturated/α-hetero) is 1. The van der Waals surface area contributed by atoms with Gasteiger partial charge in [0.15, 0.2) is 5.78 Å². The third-order valence-electron chi connectivity index (χ3n) is 3.82. The highest BCUT2D eigenvalue weighted by atomic mass is 16.5. The van der Waals surface area contributed by atoms with Gasteiger partial charge >= 0.3 is 5.97 Å². The zero-order valence-electron chi connectivity index (χ0n) is 13.0. The Labute approximate surface area is 129 Å². The molecule has 2 rings (SSSR count). The smallest absolute Gasteiger partial charge is 0.302 e. The lowest BCUT2D eigenvalue weighted by molar-refractivity contribution is -0.142. The number of ketones is 1. The van der Waals surface area contributed by atoms with E-state index >= 15 is 0 Å². The van der Waals surface area contributed by atoms with Crippen LogP contribution in [0.5, 0.6) is 11.5 Å². The normalized spacial score (nSPS) is 20.3. The molecule has 1 aliphatic carbocycles. The van der Waals surface area contributed by atoms with Crippen molar-refractivity contribution in [1.82, 2.24) is 0 Å². The van der Waals surface area contributed by atoms with Gasteiger partial charge in [0.1, 0.15) is 11.5 Å². The van der Waals surface area contributed by atoms with E-state index in [0.29, 0.717) is 22.6 Å². The molecule has 1 unspecified atom stereocenters. The summed E-state index contributed by atoms with van der Waals surface area (Å²) in [6.07, 6.45) is 0.401. The summed E-state index contributed by atoms with van der Waals surface area (Å²) in [4.78, 5) is 23.3. The third-order valence-corrected chi connectivity index (χ3v) is 3.82. The molecule has 1 aliphatic rings. The summed E-state index contributed by atoms with van der Waals surface area (Å²) in [6.45, 7) is 1.37. The number of rotatable bonds is 5. The lowest BCUT2D eigenvalue weighted by Crippen LogP contribution is -2.40. The Kier molecular flexibility index (Phi) is 4.71. The van der Waals surface area contributed by atoms with Crippen molar-refractivity contribution in [3.05, 3.63) is 23.3 Å². The van der Waals surface area contributed by atoms with E-state index in [1.165, 1.54) is 21.1 Å². The third kappa shape index (κ3) is 3.22. The maximum atomic E-state index is 12.4. The van der Waals surface area contributed by atoms with E-state index < -0.39 is 11.6 Å². The van der Waals surface area contributed by atoms with E-state index in [4.69, 9.17) is 14.2 Å². The largest absolute Gasteiger partial charge is 0.496 e. The number of carbonyl (C=O) groups is 2. The molecule has 6 heteroatoms. The Balaban J connectivity index is 2.31. The molecule has 0 aliphatic heterocycles. The first-order chi connectivity index (χ1) is 10.4. The van der Waals surface area contributed by atoms with Crippen LogP contribution in [0.4, 0.5) is 0 Å². The van der Waals surface area contributed by atoms with Gasteiger partial charge in [-0.3, -0.25) is 9.59 Å². The van der Waals surface area contributed by atoms with Crippen molar-refractivity contribution in [2.45, 2.75) is 31.8 Å². The summed E-state index contributed by atoms with van der Waals surface area (Å²) in [6, 6.07) is 3.39. The minimum absolute atomic E-state index is 0.0369. The molecule has 0 spiro atoms. The van der Waals surface area contributed by atoms with E-state index in [9.17, 15) is 14.7 Å². The molecule has 0 heterocycles. The maximum absolute atomic E-state index is 12.4. The Morgan fingerprint density at radius 2 is 1.86 bits per heavy atom. The van der Waals surface area contributed by atoms with Gasteiger partial charge in [0.05, 0.1) is 32.0 Å². The molecule has 1 atom stereocenters. The van der Waals surface area contributed by atoms with E-state index in [0.717, 1.165) is 0 Å². The molecule has 1 aromatic carbocycles. The van der Waals surface area contributed by atoms with Gasteiger partial charge in [0.25, 0.3) is 0 Å². The van der Waals surface area contributed by atoms with Gasteiger partial charge in [-0.15, -0.1) is 0 Å². The number of carbonyl (C=O) groups excluding carboxylic acids is 2. The highest BCUT2D eigenvalue weighted by molar-refractivity contribution is 6.02. The van der Waals surface area contributed by atoms with Crippen LogP contribution in [0.15, 0.2) is 12.1 Å². The monoisotopic (exact) mass is 308 g/mol. The molecule has 0 bridgehead atoms. The van der Waals surface area contributed by atoms with E-state index in [2.05, 4.69) is 0 Å². The lowest BCUT2D eigenvalue weighted by atomic mass is 9.77. The van der Waals surface area contributed by atoms with Crippen LogP contribution in [-0.2, 0) is 16.0 Å². The van der Waals surface area contributed by atoms with Crippen LogP contribution in [0.3, 0.4) is 0 Å². The second-order valence-corrected chi connectivity index (χ2v) is 5.41. The summed E-state index contributed by atoms with van der Waals surface area (Å²) in [5.74, 6) is 0.394. The molecule has 0 aromatic heterocycles. The number of hydrogen-bond donors (Lipinski definition) is 1. The van der Waals surface area contributed by atoms with Gasteiger partial charge in [-0.2, -0.15) is 0 Å². The SMILES string of the molecule is COc1ccc(OC)c2c1CC(O)(CCOC(C)=O)CC2=O. The number of ether oxygens (including phenoxy) is 3. The van der Waals surface area contributed by atoms with Crippen molar-refractivity contribution in [2.75, 3.05) is 20.8 Å². The number of benzene rings is 1. The van der Waals surface area contributed by atoms with Crippen molar-refractivity contribution in [3.63, 3.8) is 0 Å². The van der Waals surface area contributed by atoms with Crippen LogP contribution in [0.25, 0.3) is 0 Å². The highest BCUT2D eigenvalue weighted by Gasteiger charge is 2.39. The molecule has 0 saturated heterocycles. The molecule has 1 N–H and O–H groups in total. The molecule has 0 saturated carbocycles. The fourth-order valence-corrected chi connectivity index (χ4v) is 2.79. The van der Waals surface area contributed by atoms with Crippen LogP contribution < -0.4 is 9.47 Å². The molecule has 0 amide bonds. The number of esters is 1. The molecule has 6 nitrogen and oxygen atoms in total. The summed E-state index contributed by atoms with van der Waals surface area (Å²) in [7, 11) is 3.01. The van der Waals surface area contributed by atoms with Gasteiger partial charge < -0.3 is 19.3 Å². The predicted molar refractivity (Wildman–Crippen MR) is 78.4 cm³/mol. The van der Waals surface area contributed by atoms with E-state index in [1.807, 2.05) is 0 Å². The van der Waals surface area contributed by atoms with Crippen molar-refractivity contribution < 1.29 is 28.9 Å². The molecular formula is C16H20O6. The highest BCUT2D eigenvalue weighted by Crippen LogP contribution is 2.40. The van der Waals surface area contributed by atoms with Gasteiger partial charge in [0.2, 0.25) is 0 Å².